The van der Waals surface area contributed by atoms with Crippen molar-refractivity contribution in [2.45, 2.75) is 13.3 Å². The molecule has 0 aromatic carbocycles. The molecule has 0 spiro atoms. The average molecular weight is 177 g/mol. The van der Waals surface area contributed by atoms with Gasteiger partial charge in [0.2, 0.25) is 0 Å². The van der Waals surface area contributed by atoms with Gasteiger partial charge in [-0.15, -0.1) is 0 Å². The van der Waals surface area contributed by atoms with Gasteiger partial charge in [-0.05, 0) is 0 Å². The molecule has 1 aromatic heterocycles. The lowest BCUT2D eigenvalue weighted by Gasteiger charge is -1.83. The van der Waals surface area contributed by atoms with Crippen LogP contribution in [0.15, 0.2) is 12.4 Å². The summed E-state index contributed by atoms with van der Waals surface area (Å²) in [6, 6.07) is 0. The number of hydrogen-bond donors (Lipinski definition) is 1. The van der Waals surface area contributed by atoms with Crippen molar-refractivity contribution in [3.63, 3.8) is 0 Å². The van der Waals surface area contributed by atoms with Crippen LogP contribution in [0.1, 0.15) is 12.7 Å². The fourth-order valence-corrected chi connectivity index (χ4v) is 0.811. The summed E-state index contributed by atoms with van der Waals surface area (Å²) in [5, 5.41) is 17.4. The van der Waals surface area contributed by atoms with E-state index in [9.17, 15) is 0 Å². The van der Waals surface area contributed by atoms with Gasteiger partial charge in [-0.3, -0.25) is 5.32 Å². The summed E-state index contributed by atoms with van der Waals surface area (Å²) in [4.78, 5) is 3.12. The van der Waals surface area contributed by atoms with E-state index in [4.69, 9.17) is 10.5 Å². The summed E-state index contributed by atoms with van der Waals surface area (Å²) in [6.07, 6.45) is 7.59. The highest BCUT2D eigenvalue weighted by Gasteiger charge is 1.99. The van der Waals surface area contributed by atoms with Crippen LogP contribution in [0.5, 0.6) is 0 Å². The van der Waals surface area contributed by atoms with E-state index in [0.29, 0.717) is 0 Å². The molecule has 5 heteroatoms. The molecule has 0 amide bonds. The maximum absolute atomic E-state index is 7.43. The van der Waals surface area contributed by atoms with E-state index >= 15 is 0 Å². The molecular formula is C8H11N5. The van der Waals surface area contributed by atoms with Crippen molar-refractivity contribution in [2.24, 2.45) is 7.05 Å². The number of aryl methyl sites for hydroxylation is 2. The number of nitriles is 2. The Morgan fingerprint density at radius 2 is 2.15 bits per heavy atom. The Kier molecular flexibility index (Phi) is 5.65. The van der Waals surface area contributed by atoms with Crippen molar-refractivity contribution in [1.29, 1.82) is 10.5 Å². The molecule has 1 heterocycles. The van der Waals surface area contributed by atoms with Gasteiger partial charge in [0.25, 0.3) is 5.82 Å². The fourth-order valence-electron chi connectivity index (χ4n) is 0.811. The van der Waals surface area contributed by atoms with Crippen LogP contribution in [-0.4, -0.2) is 4.98 Å². The Balaban J connectivity index is 0.000000252. The zero-order valence-corrected chi connectivity index (χ0v) is 7.65. The number of nitrogens with zero attached hydrogens (tertiary/aromatic N) is 4. The molecule has 0 aliphatic heterocycles. The second-order valence-corrected chi connectivity index (χ2v) is 2.18. The van der Waals surface area contributed by atoms with E-state index in [2.05, 4.69) is 21.8 Å². The molecule has 0 aliphatic rings. The zero-order chi connectivity index (χ0) is 10.1. The van der Waals surface area contributed by atoms with Crippen molar-refractivity contribution in [3.05, 3.63) is 23.5 Å². The van der Waals surface area contributed by atoms with E-state index in [1.807, 2.05) is 19.4 Å². The van der Waals surface area contributed by atoms with Gasteiger partial charge in [0.15, 0.2) is 0 Å². The molecule has 0 bridgehead atoms. The van der Waals surface area contributed by atoms with Crippen molar-refractivity contribution in [1.82, 2.24) is 4.98 Å². The highest BCUT2D eigenvalue weighted by atomic mass is 15.0. The van der Waals surface area contributed by atoms with Crippen LogP contribution in [0.3, 0.4) is 0 Å². The monoisotopic (exact) mass is 177 g/mol. The summed E-state index contributed by atoms with van der Waals surface area (Å²) in [6.45, 7) is 2.13. The minimum Gasteiger partial charge on any atom is -0.385 e. The van der Waals surface area contributed by atoms with Gasteiger partial charge in [-0.25, -0.2) is 9.55 Å². The molecule has 5 nitrogen and oxygen atoms in total. The van der Waals surface area contributed by atoms with Gasteiger partial charge in [-0.2, -0.15) is 0 Å². The molecule has 0 saturated carbocycles. The molecular weight excluding hydrogens is 166 g/mol. The predicted octanol–water partition coefficient (Wildman–Crippen LogP) is 0.724. The van der Waals surface area contributed by atoms with E-state index in [0.717, 1.165) is 6.42 Å². The molecule has 0 fully saturated rings. The lowest BCUT2D eigenvalue weighted by molar-refractivity contribution is -0.677. The minimum absolute atomic E-state index is 1.07. The topological polar surface area (TPSA) is 81.3 Å². The third-order valence-electron chi connectivity index (χ3n) is 1.41. The van der Waals surface area contributed by atoms with Gasteiger partial charge in [0, 0.05) is 18.8 Å². The number of aromatic amines is 1. The maximum Gasteiger partial charge on any atom is 0.253 e. The summed E-state index contributed by atoms with van der Waals surface area (Å²) < 4.78 is 2.08. The van der Waals surface area contributed by atoms with E-state index in [1.54, 1.807) is 0 Å². The predicted molar refractivity (Wildman–Crippen MR) is 45.9 cm³/mol. The third-order valence-corrected chi connectivity index (χ3v) is 1.41. The number of imidazole rings is 1. The van der Waals surface area contributed by atoms with Crippen LogP contribution in [0.4, 0.5) is 0 Å². The number of rotatable bonds is 1. The zero-order valence-electron chi connectivity index (χ0n) is 7.65. The summed E-state index contributed by atoms with van der Waals surface area (Å²) >= 11 is 0. The Labute approximate surface area is 77.2 Å². The molecule has 0 saturated heterocycles. The summed E-state index contributed by atoms with van der Waals surface area (Å²) in [7, 11) is 2.04. The van der Waals surface area contributed by atoms with Crippen LogP contribution in [0.25, 0.3) is 5.32 Å². The highest BCUT2D eigenvalue weighted by molar-refractivity contribution is 5.12. The highest BCUT2D eigenvalue weighted by Crippen LogP contribution is 1.82. The second-order valence-electron chi connectivity index (χ2n) is 2.18. The van der Waals surface area contributed by atoms with E-state index in [1.165, 1.54) is 18.2 Å². The first-order valence-corrected chi connectivity index (χ1v) is 3.76. The number of nitrogens with one attached hydrogen (secondary N) is 1. The Bertz CT molecular complexity index is 302. The Morgan fingerprint density at radius 1 is 1.54 bits per heavy atom. The van der Waals surface area contributed by atoms with Gasteiger partial charge in [0.1, 0.15) is 12.4 Å². The normalized spacial score (nSPS) is 7.38. The largest absolute Gasteiger partial charge is 0.385 e. The smallest absolute Gasteiger partial charge is 0.253 e. The van der Waals surface area contributed by atoms with Crippen LogP contribution < -0.4 is 4.57 Å². The van der Waals surface area contributed by atoms with Crippen LogP contribution in [0.2, 0.25) is 0 Å². The number of hydrogen-bond acceptors (Lipinski definition) is 2. The molecule has 0 unspecified atom stereocenters. The number of aromatic nitrogens is 2. The summed E-state index contributed by atoms with van der Waals surface area (Å²) in [5.74, 6) is 1.27. The SMILES string of the molecule is CCc1[nH]cc[n+]1C.N#C[N-]C#N. The molecule has 13 heavy (non-hydrogen) atoms. The molecule has 0 atom stereocenters. The lowest BCUT2D eigenvalue weighted by Crippen LogP contribution is -2.29. The molecule has 1 rings (SSSR count). The first-order valence-electron chi connectivity index (χ1n) is 3.76. The standard InChI is InChI=1S/C6H10N2.C2N3/c1-3-6-7-4-5-8(6)2;3-1-5-2-4/h4-5H,3H2,1-2H3;/q;-1/p+1. The van der Waals surface area contributed by atoms with Gasteiger partial charge in [-0.1, -0.05) is 6.92 Å². The Morgan fingerprint density at radius 3 is 2.31 bits per heavy atom. The van der Waals surface area contributed by atoms with Crippen molar-refractivity contribution >= 4 is 0 Å². The summed E-state index contributed by atoms with van der Waals surface area (Å²) in [5.41, 5.74) is 0. The molecule has 0 aliphatic carbocycles. The van der Waals surface area contributed by atoms with E-state index in [-0.39, 0.29) is 0 Å². The molecule has 68 valence electrons. The first-order chi connectivity index (χ1) is 6.26. The molecule has 1 N–H and O–H groups in total. The van der Waals surface area contributed by atoms with Crippen molar-refractivity contribution in [3.8, 4) is 12.4 Å². The minimum atomic E-state index is 1.07. The third kappa shape index (κ3) is 4.44. The van der Waals surface area contributed by atoms with E-state index < -0.39 is 0 Å². The van der Waals surface area contributed by atoms with Crippen LogP contribution in [0, 0.1) is 22.9 Å². The van der Waals surface area contributed by atoms with Crippen LogP contribution in [-0.2, 0) is 13.5 Å². The fraction of sp³-hybridized carbons (Fsp3) is 0.375. The molecule has 1 aromatic rings. The van der Waals surface area contributed by atoms with Crippen LogP contribution >= 0.6 is 0 Å². The maximum atomic E-state index is 7.43. The first kappa shape index (κ1) is 11.0. The number of H-pyrrole nitrogens is 1. The van der Waals surface area contributed by atoms with Crippen molar-refractivity contribution in [2.75, 3.05) is 0 Å². The Hall–Kier alpha value is -2.01. The van der Waals surface area contributed by atoms with Gasteiger partial charge in [0.05, 0.1) is 7.05 Å². The second kappa shape index (κ2) is 6.68. The lowest BCUT2D eigenvalue weighted by atomic mass is 10.5. The molecule has 0 radical (unpaired) electrons. The quantitative estimate of drug-likeness (QED) is 0.506. The van der Waals surface area contributed by atoms with Gasteiger partial charge >= 0.3 is 0 Å². The average Bonchev–Trinajstić information content (AvgIpc) is 2.53. The van der Waals surface area contributed by atoms with Crippen molar-refractivity contribution < 1.29 is 4.57 Å². The van der Waals surface area contributed by atoms with Gasteiger partial charge < -0.3 is 10.5 Å².